The number of anilines is 1. The quantitative estimate of drug-likeness (QED) is 0.601. The number of rotatable bonds is 5. The van der Waals surface area contributed by atoms with Gasteiger partial charge in [0.05, 0.1) is 11.9 Å². The third-order valence-electron chi connectivity index (χ3n) is 3.78. The molecule has 0 atom stereocenters. The first-order valence-corrected chi connectivity index (χ1v) is 8.00. The van der Waals surface area contributed by atoms with Gasteiger partial charge in [-0.3, -0.25) is 4.79 Å². The van der Waals surface area contributed by atoms with Gasteiger partial charge in [-0.05, 0) is 35.0 Å². The molecule has 2 heterocycles. The number of fused-ring (bicyclic) bond motifs is 1. The van der Waals surface area contributed by atoms with Gasteiger partial charge < -0.3 is 10.1 Å². The lowest BCUT2D eigenvalue weighted by molar-refractivity contribution is -0.118. The van der Waals surface area contributed by atoms with Crippen LogP contribution < -0.4 is 10.1 Å². The summed E-state index contributed by atoms with van der Waals surface area (Å²) in [5, 5.41) is 8.94. The Hall–Kier alpha value is -3.74. The molecular formula is C19H15N5O2. The van der Waals surface area contributed by atoms with Crippen LogP contribution in [0.2, 0.25) is 0 Å². The molecule has 0 saturated heterocycles. The molecular weight excluding hydrogens is 330 g/mol. The van der Waals surface area contributed by atoms with Crippen molar-refractivity contribution in [2.45, 2.75) is 0 Å². The number of benzene rings is 2. The van der Waals surface area contributed by atoms with E-state index in [1.807, 2.05) is 42.5 Å². The summed E-state index contributed by atoms with van der Waals surface area (Å²) >= 11 is 0. The smallest absolute Gasteiger partial charge is 0.262 e. The molecule has 2 aromatic heterocycles. The second-order valence-electron chi connectivity index (χ2n) is 5.59. The zero-order valence-corrected chi connectivity index (χ0v) is 13.7. The van der Waals surface area contributed by atoms with Gasteiger partial charge in [0, 0.05) is 0 Å². The van der Waals surface area contributed by atoms with Crippen LogP contribution in [0.4, 0.5) is 5.69 Å². The molecule has 0 unspecified atom stereocenters. The summed E-state index contributed by atoms with van der Waals surface area (Å²) < 4.78 is 7.11. The minimum atomic E-state index is -0.256. The van der Waals surface area contributed by atoms with E-state index in [2.05, 4.69) is 20.4 Å². The minimum absolute atomic E-state index is 0.0802. The van der Waals surface area contributed by atoms with Crippen molar-refractivity contribution in [3.63, 3.8) is 0 Å². The molecule has 4 rings (SSSR count). The number of amides is 1. The number of pyridine rings is 1. The van der Waals surface area contributed by atoms with Crippen molar-refractivity contribution in [1.82, 2.24) is 19.7 Å². The standard InChI is InChI=1S/C19H15N5O2/c25-19(11-26-17-7-5-14-3-1-2-4-15(14)9-17)23-16-6-8-18(21-10-16)24-13-20-12-22-24/h1-10,12-13H,11H2,(H,23,25). The number of aromatic nitrogens is 4. The van der Waals surface area contributed by atoms with Gasteiger partial charge in [0.2, 0.25) is 0 Å². The molecule has 0 fully saturated rings. The third kappa shape index (κ3) is 3.51. The molecule has 0 aliphatic heterocycles. The largest absolute Gasteiger partial charge is 0.484 e. The first-order chi connectivity index (χ1) is 12.8. The van der Waals surface area contributed by atoms with E-state index in [0.717, 1.165) is 10.8 Å². The van der Waals surface area contributed by atoms with E-state index >= 15 is 0 Å². The van der Waals surface area contributed by atoms with Crippen molar-refractivity contribution in [2.75, 3.05) is 11.9 Å². The molecule has 0 aliphatic rings. The first kappa shape index (κ1) is 15.8. The molecule has 1 amide bonds. The predicted molar refractivity (Wildman–Crippen MR) is 97.2 cm³/mol. The maximum absolute atomic E-state index is 12.1. The Kier molecular flexibility index (Phi) is 4.26. The summed E-state index contributed by atoms with van der Waals surface area (Å²) in [6.45, 7) is -0.0802. The summed E-state index contributed by atoms with van der Waals surface area (Å²) in [5.74, 6) is 1.01. The van der Waals surface area contributed by atoms with Gasteiger partial charge in [0.15, 0.2) is 12.4 Å². The zero-order chi connectivity index (χ0) is 17.8. The van der Waals surface area contributed by atoms with Crippen LogP contribution in [0, 0.1) is 0 Å². The van der Waals surface area contributed by atoms with E-state index in [1.165, 1.54) is 11.0 Å². The van der Waals surface area contributed by atoms with Crippen LogP contribution in [0.5, 0.6) is 5.75 Å². The van der Waals surface area contributed by atoms with E-state index < -0.39 is 0 Å². The Morgan fingerprint density at radius 1 is 1.08 bits per heavy atom. The number of carbonyl (C=O) groups excluding carboxylic acids is 1. The molecule has 128 valence electrons. The molecule has 7 nitrogen and oxygen atoms in total. The molecule has 7 heteroatoms. The van der Waals surface area contributed by atoms with E-state index in [4.69, 9.17) is 4.74 Å². The van der Waals surface area contributed by atoms with Crippen molar-refractivity contribution in [2.24, 2.45) is 0 Å². The molecule has 1 N–H and O–H groups in total. The van der Waals surface area contributed by atoms with Crippen LogP contribution in [0.3, 0.4) is 0 Å². The second kappa shape index (κ2) is 7.02. The first-order valence-electron chi connectivity index (χ1n) is 8.00. The topological polar surface area (TPSA) is 81.9 Å². The summed E-state index contributed by atoms with van der Waals surface area (Å²) in [6.07, 6.45) is 4.55. The van der Waals surface area contributed by atoms with Crippen molar-refractivity contribution < 1.29 is 9.53 Å². The van der Waals surface area contributed by atoms with Gasteiger partial charge in [-0.2, -0.15) is 5.10 Å². The maximum Gasteiger partial charge on any atom is 0.262 e. The fraction of sp³-hybridized carbons (Fsp3) is 0.0526. The Labute approximate surface area is 149 Å². The molecule has 26 heavy (non-hydrogen) atoms. The van der Waals surface area contributed by atoms with Crippen LogP contribution in [0.1, 0.15) is 0 Å². The van der Waals surface area contributed by atoms with Crippen LogP contribution in [-0.4, -0.2) is 32.3 Å². The summed E-state index contributed by atoms with van der Waals surface area (Å²) in [5.41, 5.74) is 0.584. The Morgan fingerprint density at radius 2 is 1.96 bits per heavy atom. The highest BCUT2D eigenvalue weighted by Crippen LogP contribution is 2.20. The van der Waals surface area contributed by atoms with Gasteiger partial charge in [-0.25, -0.2) is 14.6 Å². The Morgan fingerprint density at radius 3 is 2.73 bits per heavy atom. The summed E-state index contributed by atoms with van der Waals surface area (Å²) in [7, 11) is 0. The average molecular weight is 345 g/mol. The van der Waals surface area contributed by atoms with E-state index in [-0.39, 0.29) is 12.5 Å². The van der Waals surface area contributed by atoms with Crippen molar-refractivity contribution in [3.8, 4) is 11.6 Å². The third-order valence-corrected chi connectivity index (χ3v) is 3.78. The summed E-state index contributed by atoms with van der Waals surface area (Å²) in [6, 6.07) is 17.2. The monoisotopic (exact) mass is 345 g/mol. The lowest BCUT2D eigenvalue weighted by atomic mass is 10.1. The van der Waals surface area contributed by atoms with Crippen LogP contribution >= 0.6 is 0 Å². The van der Waals surface area contributed by atoms with Gasteiger partial charge in [0.1, 0.15) is 18.4 Å². The number of carbonyl (C=O) groups is 1. The van der Waals surface area contributed by atoms with Gasteiger partial charge in [-0.1, -0.05) is 30.3 Å². The number of hydrogen-bond donors (Lipinski definition) is 1. The molecule has 4 aromatic rings. The lowest BCUT2D eigenvalue weighted by Crippen LogP contribution is -2.20. The molecule has 0 bridgehead atoms. The van der Waals surface area contributed by atoms with Crippen molar-refractivity contribution in [1.29, 1.82) is 0 Å². The van der Waals surface area contributed by atoms with Gasteiger partial charge in [0.25, 0.3) is 5.91 Å². The van der Waals surface area contributed by atoms with Crippen LogP contribution in [0.25, 0.3) is 16.6 Å². The molecule has 0 saturated carbocycles. The number of ether oxygens (including phenoxy) is 1. The van der Waals surface area contributed by atoms with Crippen molar-refractivity contribution in [3.05, 3.63) is 73.4 Å². The minimum Gasteiger partial charge on any atom is -0.484 e. The second-order valence-corrected chi connectivity index (χ2v) is 5.59. The fourth-order valence-corrected chi connectivity index (χ4v) is 2.53. The van der Waals surface area contributed by atoms with Crippen molar-refractivity contribution >= 4 is 22.4 Å². The fourth-order valence-electron chi connectivity index (χ4n) is 2.53. The van der Waals surface area contributed by atoms with Crippen LogP contribution in [0.15, 0.2) is 73.4 Å². The Balaban J connectivity index is 1.36. The number of nitrogens with zero attached hydrogens (tertiary/aromatic N) is 4. The van der Waals surface area contributed by atoms with Gasteiger partial charge >= 0.3 is 0 Å². The molecule has 0 spiro atoms. The lowest BCUT2D eigenvalue weighted by Gasteiger charge is -2.08. The highest BCUT2D eigenvalue weighted by Gasteiger charge is 2.06. The van der Waals surface area contributed by atoms with E-state index in [0.29, 0.717) is 17.3 Å². The zero-order valence-electron chi connectivity index (χ0n) is 13.7. The SMILES string of the molecule is O=C(COc1ccc2ccccc2c1)Nc1ccc(-n2cncn2)nc1. The van der Waals surface area contributed by atoms with E-state index in [9.17, 15) is 4.79 Å². The normalized spacial score (nSPS) is 10.6. The average Bonchev–Trinajstić information content (AvgIpc) is 3.22. The maximum atomic E-state index is 12.1. The van der Waals surface area contributed by atoms with E-state index in [1.54, 1.807) is 24.7 Å². The molecule has 2 aromatic carbocycles. The molecule has 0 radical (unpaired) electrons. The highest BCUT2D eigenvalue weighted by atomic mass is 16.5. The van der Waals surface area contributed by atoms with Crippen LogP contribution in [-0.2, 0) is 4.79 Å². The number of hydrogen-bond acceptors (Lipinski definition) is 5. The molecule has 0 aliphatic carbocycles. The Bertz CT molecular complexity index is 1030. The number of nitrogens with one attached hydrogen (secondary N) is 1. The predicted octanol–water partition coefficient (Wildman–Crippen LogP) is 2.83. The summed E-state index contributed by atoms with van der Waals surface area (Å²) in [4.78, 5) is 20.2. The highest BCUT2D eigenvalue weighted by molar-refractivity contribution is 5.92. The van der Waals surface area contributed by atoms with Gasteiger partial charge in [-0.15, -0.1) is 0 Å².